The van der Waals surface area contributed by atoms with Gasteiger partial charge in [0.15, 0.2) is 0 Å². The molecule has 0 fully saturated rings. The highest BCUT2D eigenvalue weighted by atomic mass is 16.3. The maximum Gasteiger partial charge on any atom is 0.235 e. The van der Waals surface area contributed by atoms with Gasteiger partial charge in [-0.1, -0.05) is 82.7 Å². The number of hydrogen-bond acceptors (Lipinski definition) is 5. The number of anilines is 3. The van der Waals surface area contributed by atoms with Gasteiger partial charge >= 0.3 is 0 Å². The highest BCUT2D eigenvalue weighted by molar-refractivity contribution is 6.53. The number of rotatable bonds is 11. The van der Waals surface area contributed by atoms with Crippen LogP contribution >= 0.6 is 0 Å². The number of aliphatic hydroxyl groups excluding tert-OH is 1. The van der Waals surface area contributed by atoms with Gasteiger partial charge in [0, 0.05) is 57.3 Å². The van der Waals surface area contributed by atoms with Crippen LogP contribution in [0, 0.1) is 0 Å². The molecule has 7 rings (SSSR count). The van der Waals surface area contributed by atoms with E-state index in [0.29, 0.717) is 11.1 Å². The van der Waals surface area contributed by atoms with Crippen LogP contribution in [0.3, 0.4) is 0 Å². The summed E-state index contributed by atoms with van der Waals surface area (Å²) >= 11 is 0. The number of carbonyl (C=O) groups is 1. The molecule has 3 aliphatic rings. The third kappa shape index (κ3) is 4.88. The molecule has 1 N–H and O–H groups in total. The highest BCUT2D eigenvalue weighted by Gasteiger charge is 2.44. The molecule has 262 valence electrons. The van der Waals surface area contributed by atoms with E-state index in [9.17, 15) is 9.90 Å². The number of ketones is 1. The number of Topliss-reactive ketones (excluding diaryl/α,β-unsaturated/α-hetero) is 1. The fourth-order valence-corrected chi connectivity index (χ4v) is 9.13. The molecule has 2 heterocycles. The van der Waals surface area contributed by atoms with Crippen LogP contribution in [0.1, 0.15) is 97.5 Å². The van der Waals surface area contributed by atoms with Crippen molar-refractivity contribution in [2.45, 2.75) is 103 Å². The molecule has 4 aromatic carbocycles. The predicted octanol–water partition coefficient (Wildman–Crippen LogP) is 8.53. The molecule has 2 atom stereocenters. The van der Waals surface area contributed by atoms with Gasteiger partial charge in [0.2, 0.25) is 16.8 Å². The minimum Gasteiger partial charge on any atom is -0.506 e. The van der Waals surface area contributed by atoms with E-state index in [1.807, 2.05) is 12.1 Å². The first-order chi connectivity index (χ1) is 24.0. The molecule has 0 amide bonds. The maximum atomic E-state index is 14.3. The number of benzene rings is 4. The Morgan fingerprint density at radius 2 is 1.26 bits per heavy atom. The molecular weight excluding hydrogens is 617 g/mol. The van der Waals surface area contributed by atoms with Crippen molar-refractivity contribution in [1.82, 2.24) is 4.58 Å². The van der Waals surface area contributed by atoms with Crippen molar-refractivity contribution in [3.8, 4) is 0 Å². The summed E-state index contributed by atoms with van der Waals surface area (Å²) in [5.41, 5.74) is 4.81. The topological polar surface area (TPSA) is 50.0 Å². The molecule has 2 unspecified atom stereocenters. The summed E-state index contributed by atoms with van der Waals surface area (Å²) in [6.45, 7) is 9.19. The van der Waals surface area contributed by atoms with E-state index in [2.05, 4.69) is 124 Å². The number of hydrogen-bond donors (Lipinski definition) is 1. The molecule has 0 bridgehead atoms. The number of nitrogens with zero attached hydrogens (tertiary/aromatic N) is 4. The number of carbonyl (C=O) groups excluding carboxylic acids is 1. The molecule has 0 aromatic heterocycles. The Morgan fingerprint density at radius 1 is 0.660 bits per heavy atom. The van der Waals surface area contributed by atoms with E-state index in [1.165, 1.54) is 73.8 Å². The van der Waals surface area contributed by atoms with Gasteiger partial charge in [-0.05, 0) is 72.0 Å². The monoisotopic (exact) mass is 671 g/mol. The Bertz CT molecular complexity index is 2170. The van der Waals surface area contributed by atoms with Crippen molar-refractivity contribution in [1.29, 1.82) is 0 Å². The Morgan fingerprint density at radius 3 is 1.90 bits per heavy atom. The molecule has 0 spiro atoms. The van der Waals surface area contributed by atoms with Gasteiger partial charge in [0.05, 0.1) is 22.2 Å². The van der Waals surface area contributed by atoms with Crippen LogP contribution in [-0.4, -0.2) is 50.4 Å². The average molecular weight is 672 g/mol. The fraction of sp³-hybridized carbons (Fsp3) is 0.455. The summed E-state index contributed by atoms with van der Waals surface area (Å²) < 4.78 is 2.41. The zero-order chi connectivity index (χ0) is 35.5. The van der Waals surface area contributed by atoms with E-state index in [0.717, 1.165) is 45.2 Å². The predicted molar refractivity (Wildman–Crippen MR) is 212 cm³/mol. The second kappa shape index (κ2) is 12.8. The standard InChI is InChI=1S/C44H54N4O2/c1-9-11-13-15-27-43(3)45(5)33-21-17-19-29-31(23-25-35(37(29)33)47(43)7)39-41(49)40(42(39)50)32-24-26-36-38-30(32)20-18-22-34(38)46(6)44(4,48(36)8)28-16-14-12-10-2/h17-26H,9-16,27-28H2,1-8H3/p+1. The summed E-state index contributed by atoms with van der Waals surface area (Å²) in [6.07, 6.45) is 11.9. The Hall–Kier alpha value is -4.32. The molecule has 0 saturated carbocycles. The second-order valence-electron chi connectivity index (χ2n) is 15.4. The van der Waals surface area contributed by atoms with Crippen LogP contribution in [0.5, 0.6) is 0 Å². The van der Waals surface area contributed by atoms with Gasteiger partial charge < -0.3 is 19.8 Å². The molecule has 50 heavy (non-hydrogen) atoms. The van der Waals surface area contributed by atoms with E-state index in [1.54, 1.807) is 0 Å². The lowest BCUT2D eigenvalue weighted by molar-refractivity contribution is -0.109. The fourth-order valence-electron chi connectivity index (χ4n) is 9.13. The van der Waals surface area contributed by atoms with Crippen molar-refractivity contribution >= 4 is 55.5 Å². The first-order valence-corrected chi connectivity index (χ1v) is 18.9. The minimum absolute atomic E-state index is 0.0907. The first-order valence-electron chi connectivity index (χ1n) is 18.9. The highest BCUT2D eigenvalue weighted by Crippen LogP contribution is 2.49. The number of allylic oxidation sites excluding steroid dienone is 2. The summed E-state index contributed by atoms with van der Waals surface area (Å²) in [6, 6.07) is 21.2. The Balaban J connectivity index is 1.34. The third-order valence-corrected chi connectivity index (χ3v) is 12.8. The van der Waals surface area contributed by atoms with Crippen molar-refractivity contribution in [2.24, 2.45) is 0 Å². The van der Waals surface area contributed by atoms with Crippen LogP contribution in [0.15, 0.2) is 66.4 Å². The number of aliphatic hydroxyl groups is 1. The van der Waals surface area contributed by atoms with Crippen LogP contribution < -0.4 is 29.9 Å². The normalized spacial score (nSPS) is 22.7. The van der Waals surface area contributed by atoms with Gasteiger partial charge in [0.1, 0.15) is 18.5 Å². The van der Waals surface area contributed by atoms with Gasteiger partial charge in [-0.15, -0.1) is 0 Å². The summed E-state index contributed by atoms with van der Waals surface area (Å²) in [7, 11) is 8.78. The molecule has 4 aromatic rings. The Labute approximate surface area is 298 Å². The molecular formula is C44H55N4O2+. The SMILES string of the molecule is CCCCCCC1(C)N(C)c2cccc3c(C4=C(O)/C(=c5/ccc6c7c(cccc57)N(C)C(C)(CCCCCC)[N+]=6C)C4=O)ccc(c23)N1C. The van der Waals surface area contributed by atoms with Crippen LogP contribution in [-0.2, 0) is 4.79 Å². The minimum atomic E-state index is -0.158. The van der Waals surface area contributed by atoms with E-state index in [4.69, 9.17) is 0 Å². The summed E-state index contributed by atoms with van der Waals surface area (Å²) in [5.74, 6) is -0.00608. The molecule has 0 radical (unpaired) electrons. The van der Waals surface area contributed by atoms with Crippen LogP contribution in [0.2, 0.25) is 0 Å². The van der Waals surface area contributed by atoms with Gasteiger partial charge in [-0.25, -0.2) is 4.58 Å². The van der Waals surface area contributed by atoms with E-state index in [-0.39, 0.29) is 22.9 Å². The zero-order valence-corrected chi connectivity index (χ0v) is 31.5. The second-order valence-corrected chi connectivity index (χ2v) is 15.4. The van der Waals surface area contributed by atoms with E-state index >= 15 is 0 Å². The van der Waals surface area contributed by atoms with Gasteiger partial charge in [-0.3, -0.25) is 4.79 Å². The summed E-state index contributed by atoms with van der Waals surface area (Å²) in [5, 5.41) is 18.0. The smallest absolute Gasteiger partial charge is 0.235 e. The van der Waals surface area contributed by atoms with Crippen molar-refractivity contribution in [3.05, 3.63) is 82.6 Å². The Kier molecular flexibility index (Phi) is 8.73. The summed E-state index contributed by atoms with van der Waals surface area (Å²) in [4.78, 5) is 21.5. The van der Waals surface area contributed by atoms with Crippen LogP contribution in [0.4, 0.5) is 17.1 Å². The lowest BCUT2D eigenvalue weighted by Crippen LogP contribution is -2.60. The number of unbranched alkanes of at least 4 members (excludes halogenated alkanes) is 6. The average Bonchev–Trinajstić information content (AvgIpc) is 3.12. The molecule has 6 nitrogen and oxygen atoms in total. The van der Waals surface area contributed by atoms with E-state index < -0.39 is 0 Å². The lowest BCUT2D eigenvalue weighted by atomic mass is 9.79. The molecule has 0 saturated heterocycles. The van der Waals surface area contributed by atoms with Gasteiger partial charge in [-0.2, -0.15) is 0 Å². The molecule has 2 aliphatic heterocycles. The molecule has 1 aliphatic carbocycles. The maximum absolute atomic E-state index is 14.3. The first kappa shape index (κ1) is 34.1. The van der Waals surface area contributed by atoms with Gasteiger partial charge in [0.25, 0.3) is 0 Å². The largest absolute Gasteiger partial charge is 0.506 e. The third-order valence-electron chi connectivity index (χ3n) is 12.8. The zero-order valence-electron chi connectivity index (χ0n) is 31.5. The van der Waals surface area contributed by atoms with Crippen molar-refractivity contribution in [2.75, 3.05) is 42.9 Å². The molecule has 6 heteroatoms. The van der Waals surface area contributed by atoms with Crippen molar-refractivity contribution < 1.29 is 9.90 Å². The lowest BCUT2D eigenvalue weighted by Gasteiger charge is -2.52. The quantitative estimate of drug-likeness (QED) is 0.128. The van der Waals surface area contributed by atoms with Crippen LogP contribution in [0.25, 0.3) is 32.7 Å². The van der Waals surface area contributed by atoms with Crippen molar-refractivity contribution in [3.63, 3.8) is 0 Å².